The maximum Gasteiger partial charge on any atom is 0.416 e. The first-order valence-electron chi connectivity index (χ1n) is 12.6. The highest BCUT2D eigenvalue weighted by atomic mass is 32.1. The lowest BCUT2D eigenvalue weighted by atomic mass is 10.00. The van der Waals surface area contributed by atoms with Crippen LogP contribution < -0.4 is 4.74 Å². The highest BCUT2D eigenvalue weighted by Crippen LogP contribution is 2.30. The number of halogens is 3. The third-order valence-corrected chi connectivity index (χ3v) is 7.61. The summed E-state index contributed by atoms with van der Waals surface area (Å²) in [4.78, 5) is 21.7. The van der Waals surface area contributed by atoms with Crippen molar-refractivity contribution in [2.45, 2.75) is 38.8 Å². The summed E-state index contributed by atoms with van der Waals surface area (Å²) in [6.07, 6.45) is -3.60. The topological polar surface area (TPSA) is 45.7 Å². The van der Waals surface area contributed by atoms with Crippen molar-refractivity contribution in [2.24, 2.45) is 0 Å². The van der Waals surface area contributed by atoms with Crippen LogP contribution in [0.4, 0.5) is 13.2 Å². The fourth-order valence-electron chi connectivity index (χ4n) is 4.77. The molecule has 2 heterocycles. The van der Waals surface area contributed by atoms with Gasteiger partial charge in [0.25, 0.3) is 5.91 Å². The minimum absolute atomic E-state index is 0.105. The Bertz CT molecular complexity index is 1440. The van der Waals surface area contributed by atoms with Crippen molar-refractivity contribution in [1.82, 2.24) is 14.8 Å². The molecule has 0 unspecified atom stereocenters. The van der Waals surface area contributed by atoms with Gasteiger partial charge < -0.3 is 9.64 Å². The average molecular weight is 552 g/mol. The van der Waals surface area contributed by atoms with Crippen LogP contribution in [0.2, 0.25) is 0 Å². The van der Waals surface area contributed by atoms with Gasteiger partial charge in [-0.05, 0) is 46.9 Å². The van der Waals surface area contributed by atoms with Gasteiger partial charge in [0.05, 0.1) is 19.2 Å². The summed E-state index contributed by atoms with van der Waals surface area (Å²) in [6.45, 7) is 2.37. The molecule has 5 nitrogen and oxygen atoms in total. The van der Waals surface area contributed by atoms with Gasteiger partial charge in [0.1, 0.15) is 16.5 Å². The number of amides is 1. The van der Waals surface area contributed by atoms with E-state index in [1.807, 2.05) is 52.3 Å². The summed E-state index contributed by atoms with van der Waals surface area (Å²) >= 11 is 1.39. The first-order valence-corrected chi connectivity index (χ1v) is 13.5. The van der Waals surface area contributed by atoms with E-state index in [4.69, 9.17) is 4.74 Å². The predicted octanol–water partition coefficient (Wildman–Crippen LogP) is 6.57. The largest absolute Gasteiger partial charge is 0.497 e. The molecule has 0 N–H and O–H groups in total. The number of alkyl halides is 3. The number of rotatable bonds is 8. The Morgan fingerprint density at radius 3 is 2.46 bits per heavy atom. The number of carbonyl (C=O) groups excluding carboxylic acids is 1. The van der Waals surface area contributed by atoms with Crippen molar-refractivity contribution in [1.29, 1.82) is 0 Å². The van der Waals surface area contributed by atoms with Gasteiger partial charge >= 0.3 is 6.18 Å². The summed E-state index contributed by atoms with van der Waals surface area (Å²) in [6, 6.07) is 21.1. The number of thiazole rings is 1. The average Bonchev–Trinajstić information content (AvgIpc) is 3.41. The van der Waals surface area contributed by atoms with Crippen LogP contribution in [0, 0.1) is 0 Å². The molecule has 0 saturated heterocycles. The van der Waals surface area contributed by atoms with Gasteiger partial charge in [0.2, 0.25) is 0 Å². The molecule has 1 aliphatic heterocycles. The van der Waals surface area contributed by atoms with Crippen LogP contribution in [0.15, 0.2) is 78.2 Å². The zero-order valence-corrected chi connectivity index (χ0v) is 22.3. The van der Waals surface area contributed by atoms with Crippen molar-refractivity contribution < 1.29 is 22.7 Å². The van der Waals surface area contributed by atoms with E-state index in [-0.39, 0.29) is 5.91 Å². The number of fused-ring (bicyclic) bond motifs is 1. The highest BCUT2D eigenvalue weighted by Gasteiger charge is 2.30. The summed E-state index contributed by atoms with van der Waals surface area (Å²) in [7, 11) is 1.60. The molecule has 5 rings (SSSR count). The predicted molar refractivity (Wildman–Crippen MR) is 144 cm³/mol. The molecular weight excluding hydrogens is 523 g/mol. The Kier molecular flexibility index (Phi) is 7.99. The summed E-state index contributed by atoms with van der Waals surface area (Å²) in [5.41, 5.74) is 3.69. The Balaban J connectivity index is 1.33. The molecule has 1 aliphatic rings. The van der Waals surface area contributed by atoms with Crippen LogP contribution in [-0.2, 0) is 38.8 Å². The van der Waals surface area contributed by atoms with Crippen molar-refractivity contribution in [3.05, 3.63) is 117 Å². The Morgan fingerprint density at radius 2 is 1.72 bits per heavy atom. The van der Waals surface area contributed by atoms with Gasteiger partial charge in [0.15, 0.2) is 0 Å². The van der Waals surface area contributed by atoms with E-state index in [2.05, 4.69) is 11.1 Å². The number of ether oxygens (including phenoxy) is 1. The molecule has 0 radical (unpaired) electrons. The number of methoxy groups -OCH3 is 1. The molecule has 0 atom stereocenters. The second kappa shape index (κ2) is 11.6. The monoisotopic (exact) mass is 551 g/mol. The summed E-state index contributed by atoms with van der Waals surface area (Å²) < 4.78 is 45.2. The smallest absolute Gasteiger partial charge is 0.416 e. The molecule has 4 aromatic rings. The molecule has 1 amide bonds. The molecule has 0 aliphatic carbocycles. The van der Waals surface area contributed by atoms with E-state index in [0.717, 1.165) is 34.4 Å². The first kappa shape index (κ1) is 26.9. The fourth-order valence-corrected chi connectivity index (χ4v) is 5.57. The molecular formula is C30H28F3N3O2S. The Labute approximate surface area is 229 Å². The lowest BCUT2D eigenvalue weighted by molar-refractivity contribution is -0.137. The fraction of sp³-hybridized carbons (Fsp3) is 0.267. The molecule has 0 spiro atoms. The molecule has 202 valence electrons. The highest BCUT2D eigenvalue weighted by molar-refractivity contribution is 7.09. The number of aromatic nitrogens is 1. The van der Waals surface area contributed by atoms with Gasteiger partial charge in [-0.2, -0.15) is 13.2 Å². The molecule has 0 saturated carbocycles. The van der Waals surface area contributed by atoms with Crippen molar-refractivity contribution in [2.75, 3.05) is 13.7 Å². The standard InChI is InChI=1S/C30H28F3N3O2S/c1-38-26-11-9-21(10-12-26)16-35(17-22-5-4-8-25(15-22)30(31,32)33)19-28-34-27(20-39-28)29(37)36-14-13-23-6-2-3-7-24(23)18-36/h2-12,15,20H,13-14,16-19H2,1H3. The SMILES string of the molecule is COc1ccc(CN(Cc2cccc(C(F)(F)F)c2)Cc2nc(C(=O)N3CCc4ccccc4C3)cs2)cc1. The summed E-state index contributed by atoms with van der Waals surface area (Å²) in [5.74, 6) is 0.623. The second-order valence-corrected chi connectivity index (χ2v) is 10.5. The van der Waals surface area contributed by atoms with Gasteiger partial charge in [-0.1, -0.05) is 54.6 Å². The maximum atomic E-state index is 13.3. The van der Waals surface area contributed by atoms with Crippen molar-refractivity contribution >= 4 is 17.2 Å². The minimum Gasteiger partial charge on any atom is -0.497 e. The number of nitrogens with zero attached hydrogens (tertiary/aromatic N) is 3. The van der Waals surface area contributed by atoms with Gasteiger partial charge in [-0.25, -0.2) is 4.98 Å². The second-order valence-electron chi connectivity index (χ2n) is 9.56. The van der Waals surface area contributed by atoms with E-state index in [9.17, 15) is 18.0 Å². The Morgan fingerprint density at radius 1 is 0.974 bits per heavy atom. The maximum absolute atomic E-state index is 13.3. The third kappa shape index (κ3) is 6.66. The lowest BCUT2D eigenvalue weighted by Crippen LogP contribution is -2.36. The van der Waals surface area contributed by atoms with Crippen LogP contribution >= 0.6 is 11.3 Å². The van der Waals surface area contributed by atoms with Gasteiger partial charge in [-0.15, -0.1) is 11.3 Å². The van der Waals surface area contributed by atoms with E-state index < -0.39 is 11.7 Å². The van der Waals surface area contributed by atoms with Crippen LogP contribution in [0.25, 0.3) is 0 Å². The van der Waals surface area contributed by atoms with E-state index >= 15 is 0 Å². The molecule has 0 bridgehead atoms. The lowest BCUT2D eigenvalue weighted by Gasteiger charge is -2.28. The molecule has 1 aromatic heterocycles. The number of hydrogen-bond acceptors (Lipinski definition) is 5. The molecule has 3 aromatic carbocycles. The van der Waals surface area contributed by atoms with E-state index in [0.29, 0.717) is 44.0 Å². The third-order valence-electron chi connectivity index (χ3n) is 6.77. The number of hydrogen-bond donors (Lipinski definition) is 0. The van der Waals surface area contributed by atoms with Gasteiger partial charge in [0, 0.05) is 31.6 Å². The minimum atomic E-state index is -4.41. The van der Waals surface area contributed by atoms with Crippen molar-refractivity contribution in [3.63, 3.8) is 0 Å². The number of benzene rings is 3. The quantitative estimate of drug-likeness (QED) is 0.249. The zero-order chi connectivity index (χ0) is 27.4. The van der Waals surface area contributed by atoms with Crippen LogP contribution in [0.3, 0.4) is 0 Å². The van der Waals surface area contributed by atoms with Crippen LogP contribution in [0.1, 0.15) is 43.3 Å². The summed E-state index contributed by atoms with van der Waals surface area (Å²) in [5, 5.41) is 2.50. The van der Waals surface area contributed by atoms with Crippen molar-refractivity contribution in [3.8, 4) is 5.75 Å². The van der Waals surface area contributed by atoms with Gasteiger partial charge in [-0.3, -0.25) is 9.69 Å². The Hall–Kier alpha value is -3.69. The van der Waals surface area contributed by atoms with E-state index in [1.54, 1.807) is 18.6 Å². The molecule has 0 fully saturated rings. The number of carbonyl (C=O) groups is 1. The van der Waals surface area contributed by atoms with Crippen LogP contribution in [-0.4, -0.2) is 34.3 Å². The zero-order valence-electron chi connectivity index (χ0n) is 21.4. The van der Waals surface area contributed by atoms with E-state index in [1.165, 1.54) is 29.0 Å². The molecule has 39 heavy (non-hydrogen) atoms. The normalized spacial score (nSPS) is 13.4. The van der Waals surface area contributed by atoms with Crippen LogP contribution in [0.5, 0.6) is 5.75 Å². The first-order chi connectivity index (χ1) is 18.8. The molecule has 9 heteroatoms.